The number of rotatable bonds is 3. The largest absolute Gasteiger partial charge is 0.507 e. The summed E-state index contributed by atoms with van der Waals surface area (Å²) in [6.07, 6.45) is 1.49. The molecule has 0 fully saturated rings. The Balaban J connectivity index is 1.94. The second-order valence-corrected chi connectivity index (χ2v) is 5.29. The van der Waals surface area contributed by atoms with Crippen molar-refractivity contribution < 1.29 is 19.8 Å². The third kappa shape index (κ3) is 2.66. The minimum absolute atomic E-state index is 0.171. The molecule has 0 aliphatic carbocycles. The molecule has 0 aromatic heterocycles. The Morgan fingerprint density at radius 2 is 2.09 bits per heavy atom. The van der Waals surface area contributed by atoms with Crippen LogP contribution in [-0.2, 0) is 4.79 Å². The van der Waals surface area contributed by atoms with Gasteiger partial charge < -0.3 is 15.5 Å². The number of nitrogens with zero attached hydrogens (tertiary/aromatic N) is 1. The molecule has 0 bridgehead atoms. The van der Waals surface area contributed by atoms with Gasteiger partial charge in [0.1, 0.15) is 17.2 Å². The lowest BCUT2D eigenvalue weighted by atomic mass is 9.97. The molecule has 3 N–H and O–H groups in total. The number of phenols is 1. The van der Waals surface area contributed by atoms with Gasteiger partial charge in [-0.05, 0) is 42.3 Å². The summed E-state index contributed by atoms with van der Waals surface area (Å²) in [5.41, 5.74) is 2.75. The molecule has 1 atom stereocenters. The number of carboxylic acid groups (broad SMARTS) is 1. The standard InChI is InChI=1S/C17H14N2O4/c1-9-3-2-4-13-15(9)12(16(21)19-13)8-18-10-5-6-14(20)11(7-10)17(22)23/h2-8,12,20H,1H3,(H,19,21)(H,22,23). The summed E-state index contributed by atoms with van der Waals surface area (Å²) in [5.74, 6) is -2.25. The topological polar surface area (TPSA) is 99.0 Å². The smallest absolute Gasteiger partial charge is 0.339 e. The molecular formula is C17H14N2O4. The zero-order chi connectivity index (χ0) is 16.6. The van der Waals surface area contributed by atoms with E-state index in [4.69, 9.17) is 5.11 Å². The van der Waals surface area contributed by atoms with Crippen molar-refractivity contribution in [1.29, 1.82) is 0 Å². The molecule has 0 saturated heterocycles. The third-order valence-corrected chi connectivity index (χ3v) is 3.76. The Hall–Kier alpha value is -3.15. The number of hydrogen-bond donors (Lipinski definition) is 3. The maximum absolute atomic E-state index is 12.1. The predicted molar refractivity (Wildman–Crippen MR) is 85.8 cm³/mol. The van der Waals surface area contributed by atoms with Crippen LogP contribution in [0, 0.1) is 6.92 Å². The molecule has 6 heteroatoms. The van der Waals surface area contributed by atoms with Gasteiger partial charge in [-0.25, -0.2) is 4.79 Å². The van der Waals surface area contributed by atoms with E-state index in [1.165, 1.54) is 24.4 Å². The summed E-state index contributed by atoms with van der Waals surface area (Å²) in [6, 6.07) is 9.64. The molecule has 1 aliphatic heterocycles. The molecule has 23 heavy (non-hydrogen) atoms. The van der Waals surface area contributed by atoms with Crippen LogP contribution < -0.4 is 5.32 Å². The maximum atomic E-state index is 12.1. The minimum Gasteiger partial charge on any atom is -0.507 e. The highest BCUT2D eigenvalue weighted by Crippen LogP contribution is 2.34. The van der Waals surface area contributed by atoms with Gasteiger partial charge in [-0.15, -0.1) is 0 Å². The first-order valence-electron chi connectivity index (χ1n) is 6.98. The normalized spacial score (nSPS) is 16.4. The molecule has 0 radical (unpaired) electrons. The van der Waals surface area contributed by atoms with Crippen molar-refractivity contribution >= 4 is 29.5 Å². The van der Waals surface area contributed by atoms with Crippen LogP contribution in [-0.4, -0.2) is 28.3 Å². The molecule has 1 unspecified atom stereocenters. The van der Waals surface area contributed by atoms with Gasteiger partial charge in [-0.2, -0.15) is 0 Å². The summed E-state index contributed by atoms with van der Waals surface area (Å²) >= 11 is 0. The Kier molecular flexibility index (Phi) is 3.57. The number of benzene rings is 2. The number of carbonyl (C=O) groups is 2. The highest BCUT2D eigenvalue weighted by Gasteiger charge is 2.30. The molecule has 0 saturated carbocycles. The number of amides is 1. The number of aromatic hydroxyl groups is 1. The van der Waals surface area contributed by atoms with Crippen molar-refractivity contribution in [1.82, 2.24) is 0 Å². The van der Waals surface area contributed by atoms with Gasteiger partial charge in [-0.1, -0.05) is 12.1 Å². The highest BCUT2D eigenvalue weighted by atomic mass is 16.4. The number of nitrogens with one attached hydrogen (secondary N) is 1. The number of anilines is 1. The van der Waals surface area contributed by atoms with Gasteiger partial charge >= 0.3 is 5.97 Å². The molecule has 6 nitrogen and oxygen atoms in total. The number of hydrogen-bond acceptors (Lipinski definition) is 4. The van der Waals surface area contributed by atoms with E-state index >= 15 is 0 Å². The van der Waals surface area contributed by atoms with E-state index in [1.54, 1.807) is 0 Å². The van der Waals surface area contributed by atoms with Gasteiger partial charge in [0.2, 0.25) is 5.91 Å². The van der Waals surface area contributed by atoms with Crippen molar-refractivity contribution in [3.63, 3.8) is 0 Å². The molecule has 1 amide bonds. The average molecular weight is 310 g/mol. The van der Waals surface area contributed by atoms with Crippen LogP contribution in [0.25, 0.3) is 0 Å². The second kappa shape index (κ2) is 5.57. The molecular weight excluding hydrogens is 296 g/mol. The van der Waals surface area contributed by atoms with Crippen molar-refractivity contribution in [3.8, 4) is 5.75 Å². The van der Waals surface area contributed by atoms with Crippen molar-refractivity contribution in [2.24, 2.45) is 4.99 Å². The lowest BCUT2D eigenvalue weighted by molar-refractivity contribution is -0.115. The molecule has 3 rings (SSSR count). The van der Waals surface area contributed by atoms with E-state index in [-0.39, 0.29) is 17.2 Å². The fourth-order valence-electron chi connectivity index (χ4n) is 2.62. The first kappa shape index (κ1) is 14.8. The second-order valence-electron chi connectivity index (χ2n) is 5.29. The van der Waals surface area contributed by atoms with Crippen LogP contribution in [0.5, 0.6) is 5.75 Å². The molecule has 1 heterocycles. The first-order valence-corrected chi connectivity index (χ1v) is 6.98. The minimum atomic E-state index is -1.24. The summed E-state index contributed by atoms with van der Waals surface area (Å²) in [4.78, 5) is 27.3. The summed E-state index contributed by atoms with van der Waals surface area (Å²) in [7, 11) is 0. The SMILES string of the molecule is Cc1cccc2c1C(C=Nc1ccc(O)c(C(=O)O)c1)C(=O)N2. The molecule has 0 spiro atoms. The van der Waals surface area contributed by atoms with Crippen LogP contribution in [0.4, 0.5) is 11.4 Å². The van der Waals surface area contributed by atoms with Crippen LogP contribution >= 0.6 is 0 Å². The van der Waals surface area contributed by atoms with Crippen molar-refractivity contribution in [2.75, 3.05) is 5.32 Å². The Labute approximate surface area is 132 Å². The maximum Gasteiger partial charge on any atom is 0.339 e. The van der Waals surface area contributed by atoms with E-state index in [2.05, 4.69) is 10.3 Å². The van der Waals surface area contributed by atoms with E-state index in [0.29, 0.717) is 5.69 Å². The molecule has 1 aliphatic rings. The Morgan fingerprint density at radius 1 is 1.30 bits per heavy atom. The van der Waals surface area contributed by atoms with E-state index < -0.39 is 11.9 Å². The van der Waals surface area contributed by atoms with Crippen LogP contribution in [0.15, 0.2) is 41.4 Å². The van der Waals surface area contributed by atoms with Gasteiger partial charge in [-0.3, -0.25) is 9.79 Å². The zero-order valence-electron chi connectivity index (χ0n) is 12.3. The lowest BCUT2D eigenvalue weighted by Crippen LogP contribution is -2.13. The lowest BCUT2D eigenvalue weighted by Gasteiger charge is -2.06. The third-order valence-electron chi connectivity index (χ3n) is 3.76. The molecule has 2 aromatic carbocycles. The average Bonchev–Trinajstić information content (AvgIpc) is 2.83. The fourth-order valence-corrected chi connectivity index (χ4v) is 2.62. The monoisotopic (exact) mass is 310 g/mol. The van der Waals surface area contributed by atoms with E-state index in [1.807, 2.05) is 25.1 Å². The number of carboxylic acids is 1. The van der Waals surface area contributed by atoms with Crippen LogP contribution in [0.2, 0.25) is 0 Å². The quantitative estimate of drug-likeness (QED) is 0.759. The number of carbonyl (C=O) groups excluding carboxylic acids is 1. The summed E-state index contributed by atoms with van der Waals surface area (Å²) < 4.78 is 0. The highest BCUT2D eigenvalue weighted by molar-refractivity contribution is 6.13. The number of aliphatic imine (C=N–C) groups is 1. The number of aryl methyl sites for hydroxylation is 1. The molecule has 116 valence electrons. The number of fused-ring (bicyclic) bond motifs is 1. The summed E-state index contributed by atoms with van der Waals surface area (Å²) in [5, 5.41) is 21.3. The number of aromatic carboxylic acids is 1. The van der Waals surface area contributed by atoms with Crippen LogP contribution in [0.3, 0.4) is 0 Å². The molecule has 2 aromatic rings. The van der Waals surface area contributed by atoms with Gasteiger partial charge in [0.25, 0.3) is 0 Å². The zero-order valence-corrected chi connectivity index (χ0v) is 12.3. The first-order chi connectivity index (χ1) is 11.0. The predicted octanol–water partition coefficient (Wildman–Crippen LogP) is 2.84. The Bertz CT molecular complexity index is 842. The fraction of sp³-hybridized carbons (Fsp3) is 0.118. The van der Waals surface area contributed by atoms with Gasteiger partial charge in [0, 0.05) is 11.9 Å². The van der Waals surface area contributed by atoms with Gasteiger partial charge in [0.05, 0.1) is 5.69 Å². The van der Waals surface area contributed by atoms with E-state index in [0.717, 1.165) is 16.8 Å². The van der Waals surface area contributed by atoms with Crippen molar-refractivity contribution in [3.05, 3.63) is 53.1 Å². The van der Waals surface area contributed by atoms with Crippen molar-refractivity contribution in [2.45, 2.75) is 12.8 Å². The van der Waals surface area contributed by atoms with Crippen LogP contribution in [0.1, 0.15) is 27.4 Å². The summed E-state index contributed by atoms with van der Waals surface area (Å²) in [6.45, 7) is 1.92. The van der Waals surface area contributed by atoms with E-state index in [9.17, 15) is 14.7 Å². The Morgan fingerprint density at radius 3 is 2.83 bits per heavy atom. The van der Waals surface area contributed by atoms with Gasteiger partial charge in [0.15, 0.2) is 0 Å².